The first kappa shape index (κ1) is 27.9. The number of aliphatic carboxylic acids is 1. The molecule has 0 aliphatic heterocycles. The fourth-order valence-corrected chi connectivity index (χ4v) is 2.90. The molecule has 6 atom stereocenters. The third-order valence-corrected chi connectivity index (χ3v) is 5.37. The standard InChI is InChI=1S/C22H34N4O7/c1-5-11(2)17(23)20(30)26-18(13(4)27)21(31)24-12(3)19(29)25-16(22(32)33)10-14-6-8-15(28)9-7-14/h6-9,11-13,16-18,27-28H,5,10,23H2,1-4H3,(H,24,31)(H,25,29)(H,26,30)(H,32,33). The van der Waals surface area contributed by atoms with Crippen LogP contribution < -0.4 is 21.7 Å². The zero-order chi connectivity index (χ0) is 25.3. The number of nitrogens with one attached hydrogen (secondary N) is 3. The topological polar surface area (TPSA) is 191 Å². The summed E-state index contributed by atoms with van der Waals surface area (Å²) in [4.78, 5) is 49.0. The van der Waals surface area contributed by atoms with E-state index in [4.69, 9.17) is 5.73 Å². The van der Waals surface area contributed by atoms with Gasteiger partial charge in [-0.2, -0.15) is 0 Å². The molecule has 0 saturated heterocycles. The van der Waals surface area contributed by atoms with Gasteiger partial charge < -0.3 is 37.0 Å². The molecule has 0 aromatic heterocycles. The molecule has 8 N–H and O–H groups in total. The number of carbonyl (C=O) groups excluding carboxylic acids is 3. The molecule has 0 heterocycles. The fraction of sp³-hybridized carbons (Fsp3) is 0.545. The van der Waals surface area contributed by atoms with Gasteiger partial charge in [-0.15, -0.1) is 0 Å². The normalized spacial score (nSPS) is 16.4. The molecule has 0 aliphatic carbocycles. The minimum Gasteiger partial charge on any atom is -0.508 e. The van der Waals surface area contributed by atoms with Crippen molar-refractivity contribution in [1.29, 1.82) is 0 Å². The van der Waals surface area contributed by atoms with Crippen LogP contribution in [0.3, 0.4) is 0 Å². The highest BCUT2D eigenvalue weighted by Crippen LogP contribution is 2.12. The van der Waals surface area contributed by atoms with Gasteiger partial charge in [0.1, 0.15) is 23.9 Å². The quantitative estimate of drug-likeness (QED) is 0.209. The lowest BCUT2D eigenvalue weighted by molar-refractivity contribution is -0.142. The van der Waals surface area contributed by atoms with Gasteiger partial charge in [-0.25, -0.2) is 4.79 Å². The van der Waals surface area contributed by atoms with E-state index in [2.05, 4.69) is 16.0 Å². The van der Waals surface area contributed by atoms with Gasteiger partial charge in [-0.3, -0.25) is 14.4 Å². The summed E-state index contributed by atoms with van der Waals surface area (Å²) in [6, 6.07) is 1.21. The fourth-order valence-electron chi connectivity index (χ4n) is 2.90. The number of phenols is 1. The molecule has 11 nitrogen and oxygen atoms in total. The summed E-state index contributed by atoms with van der Waals surface area (Å²) in [6.07, 6.45) is -0.664. The Hall–Kier alpha value is -3.18. The number of benzene rings is 1. The van der Waals surface area contributed by atoms with E-state index in [9.17, 15) is 34.5 Å². The molecular weight excluding hydrogens is 432 g/mol. The molecule has 11 heteroatoms. The Kier molecular flexibility index (Phi) is 10.8. The number of phenolic OH excluding ortho intramolecular Hbond substituents is 1. The maximum Gasteiger partial charge on any atom is 0.326 e. The Balaban J connectivity index is 2.78. The number of hydrogen-bond donors (Lipinski definition) is 7. The van der Waals surface area contributed by atoms with Crippen molar-refractivity contribution in [2.75, 3.05) is 0 Å². The van der Waals surface area contributed by atoms with Crippen LogP contribution in [0.2, 0.25) is 0 Å². The number of carboxylic acids is 1. The van der Waals surface area contributed by atoms with Gasteiger partial charge in [-0.1, -0.05) is 32.4 Å². The Morgan fingerprint density at radius 1 is 0.939 bits per heavy atom. The van der Waals surface area contributed by atoms with Crippen molar-refractivity contribution in [3.05, 3.63) is 29.8 Å². The van der Waals surface area contributed by atoms with E-state index in [-0.39, 0.29) is 18.1 Å². The lowest BCUT2D eigenvalue weighted by atomic mass is 9.98. The second-order valence-corrected chi connectivity index (χ2v) is 8.14. The van der Waals surface area contributed by atoms with Crippen LogP contribution in [0.1, 0.15) is 39.7 Å². The number of amides is 3. The second-order valence-electron chi connectivity index (χ2n) is 8.14. The molecule has 6 unspecified atom stereocenters. The summed E-state index contributed by atoms with van der Waals surface area (Å²) in [5.74, 6) is -3.58. The third-order valence-electron chi connectivity index (χ3n) is 5.37. The average molecular weight is 467 g/mol. The maximum absolute atomic E-state index is 12.6. The van der Waals surface area contributed by atoms with Gasteiger partial charge in [0.2, 0.25) is 17.7 Å². The highest BCUT2D eigenvalue weighted by molar-refractivity contribution is 5.94. The summed E-state index contributed by atoms with van der Waals surface area (Å²) < 4.78 is 0. The van der Waals surface area contributed by atoms with Crippen LogP contribution >= 0.6 is 0 Å². The Labute approximate surface area is 192 Å². The molecule has 0 spiro atoms. The van der Waals surface area contributed by atoms with Gasteiger partial charge in [0, 0.05) is 6.42 Å². The van der Waals surface area contributed by atoms with E-state index in [1.54, 1.807) is 6.92 Å². The molecule has 0 aliphatic rings. The van der Waals surface area contributed by atoms with Crippen molar-refractivity contribution in [3.8, 4) is 5.75 Å². The molecule has 1 rings (SSSR count). The number of carbonyl (C=O) groups is 4. The second kappa shape index (κ2) is 12.8. The SMILES string of the molecule is CCC(C)C(N)C(=O)NC(C(=O)NC(C)C(=O)NC(Cc1ccc(O)cc1)C(=O)O)C(C)O. The van der Waals surface area contributed by atoms with Gasteiger partial charge in [0.15, 0.2) is 0 Å². The summed E-state index contributed by atoms with van der Waals surface area (Å²) >= 11 is 0. The minimum atomic E-state index is -1.35. The monoisotopic (exact) mass is 466 g/mol. The molecule has 0 saturated carbocycles. The molecule has 1 aromatic carbocycles. The Morgan fingerprint density at radius 3 is 2.00 bits per heavy atom. The maximum atomic E-state index is 12.6. The minimum absolute atomic E-state index is 0.0239. The average Bonchev–Trinajstić information content (AvgIpc) is 2.76. The smallest absolute Gasteiger partial charge is 0.326 e. The van der Waals surface area contributed by atoms with E-state index >= 15 is 0 Å². The highest BCUT2D eigenvalue weighted by Gasteiger charge is 2.31. The lowest BCUT2D eigenvalue weighted by Gasteiger charge is -2.26. The number of aliphatic hydroxyl groups is 1. The van der Waals surface area contributed by atoms with Gasteiger partial charge in [0.25, 0.3) is 0 Å². The first-order chi connectivity index (χ1) is 15.4. The molecule has 3 amide bonds. The van der Waals surface area contributed by atoms with Crippen molar-refractivity contribution in [1.82, 2.24) is 16.0 Å². The summed E-state index contributed by atoms with van der Waals surface area (Å²) in [7, 11) is 0. The predicted molar refractivity (Wildman–Crippen MR) is 120 cm³/mol. The highest BCUT2D eigenvalue weighted by atomic mass is 16.4. The van der Waals surface area contributed by atoms with Crippen LogP contribution in [0.4, 0.5) is 0 Å². The summed E-state index contributed by atoms with van der Waals surface area (Å²) in [6.45, 7) is 6.30. The van der Waals surface area contributed by atoms with Crippen molar-refractivity contribution in [2.45, 2.75) is 70.8 Å². The molecule has 0 radical (unpaired) electrons. The number of hydrogen-bond acceptors (Lipinski definition) is 7. The van der Waals surface area contributed by atoms with E-state index < -0.39 is 54.0 Å². The van der Waals surface area contributed by atoms with Crippen LogP contribution in [0, 0.1) is 5.92 Å². The Morgan fingerprint density at radius 2 is 1.52 bits per heavy atom. The van der Waals surface area contributed by atoms with E-state index in [0.29, 0.717) is 12.0 Å². The zero-order valence-electron chi connectivity index (χ0n) is 19.2. The van der Waals surface area contributed by atoms with Crippen molar-refractivity contribution in [3.63, 3.8) is 0 Å². The number of aliphatic hydroxyl groups excluding tert-OH is 1. The van der Waals surface area contributed by atoms with Gasteiger partial charge >= 0.3 is 5.97 Å². The summed E-state index contributed by atoms with van der Waals surface area (Å²) in [5, 5.41) is 35.8. The van der Waals surface area contributed by atoms with Gasteiger partial charge in [0.05, 0.1) is 12.1 Å². The lowest BCUT2D eigenvalue weighted by Crippen LogP contribution is -2.59. The number of carboxylic acid groups (broad SMARTS) is 1. The largest absolute Gasteiger partial charge is 0.508 e. The predicted octanol–water partition coefficient (Wildman–Crippen LogP) is -0.752. The van der Waals surface area contributed by atoms with E-state index in [0.717, 1.165) is 0 Å². The molecule has 0 fully saturated rings. The van der Waals surface area contributed by atoms with Crippen LogP contribution in [0.15, 0.2) is 24.3 Å². The van der Waals surface area contributed by atoms with E-state index in [1.165, 1.54) is 38.1 Å². The molecule has 1 aromatic rings. The van der Waals surface area contributed by atoms with Crippen molar-refractivity contribution in [2.24, 2.45) is 11.7 Å². The number of rotatable bonds is 12. The van der Waals surface area contributed by atoms with E-state index in [1.807, 2.05) is 6.92 Å². The molecular formula is C22H34N4O7. The van der Waals surface area contributed by atoms with Crippen LogP contribution in [-0.2, 0) is 25.6 Å². The van der Waals surface area contributed by atoms with Crippen LogP contribution in [0.25, 0.3) is 0 Å². The molecule has 184 valence electrons. The zero-order valence-corrected chi connectivity index (χ0v) is 19.2. The third kappa shape index (κ3) is 8.70. The van der Waals surface area contributed by atoms with Gasteiger partial charge in [-0.05, 0) is 37.5 Å². The molecule has 0 bridgehead atoms. The van der Waals surface area contributed by atoms with Crippen molar-refractivity contribution >= 4 is 23.7 Å². The van der Waals surface area contributed by atoms with Crippen LogP contribution in [0.5, 0.6) is 5.75 Å². The van der Waals surface area contributed by atoms with Crippen LogP contribution in [-0.4, -0.2) is 69.3 Å². The summed E-state index contributed by atoms with van der Waals surface area (Å²) in [5.41, 5.74) is 6.44. The molecule has 33 heavy (non-hydrogen) atoms. The first-order valence-electron chi connectivity index (χ1n) is 10.7. The first-order valence-corrected chi connectivity index (χ1v) is 10.7. The van der Waals surface area contributed by atoms with Crippen molar-refractivity contribution < 1.29 is 34.5 Å². The number of nitrogens with two attached hydrogens (primary N) is 1. The Bertz CT molecular complexity index is 829. The number of aromatic hydroxyl groups is 1.